The van der Waals surface area contributed by atoms with E-state index in [4.69, 9.17) is 4.98 Å². The molecule has 1 nitrogen and oxygen atoms in total. The summed E-state index contributed by atoms with van der Waals surface area (Å²) in [5.41, 5.74) is 17.1. The third-order valence-electron chi connectivity index (χ3n) is 7.58. The van der Waals surface area contributed by atoms with E-state index in [0.29, 0.717) is 0 Å². The molecule has 0 saturated carbocycles. The van der Waals surface area contributed by atoms with Gasteiger partial charge in [-0.05, 0) is 105 Å². The van der Waals surface area contributed by atoms with Crippen LogP contribution >= 0.6 is 0 Å². The maximum absolute atomic E-state index is 4.69. The highest BCUT2D eigenvalue weighted by molar-refractivity contribution is 6.03. The average Bonchev–Trinajstić information content (AvgIpc) is 2.96. The Balaban J connectivity index is 1.47. The average molecular weight is 486 g/mol. The molecule has 1 aliphatic carbocycles. The molecule has 1 aromatic heterocycles. The molecule has 1 heterocycles. The third-order valence-corrected chi connectivity index (χ3v) is 7.58. The van der Waals surface area contributed by atoms with Crippen LogP contribution in [0.1, 0.15) is 11.1 Å². The number of rotatable bonds is 2. The number of aromatic nitrogens is 1. The van der Waals surface area contributed by atoms with E-state index in [1.807, 2.05) is 6.20 Å². The predicted octanol–water partition coefficient (Wildman–Crippen LogP) is 10.0. The van der Waals surface area contributed by atoms with E-state index >= 15 is 0 Å². The van der Waals surface area contributed by atoms with E-state index in [1.54, 1.807) is 0 Å². The molecule has 0 atom stereocenters. The van der Waals surface area contributed by atoms with Crippen LogP contribution in [0.5, 0.6) is 0 Å². The first-order chi connectivity index (χ1) is 18.7. The van der Waals surface area contributed by atoms with Gasteiger partial charge < -0.3 is 0 Å². The quantitative estimate of drug-likeness (QED) is 0.237. The van der Waals surface area contributed by atoms with Gasteiger partial charge in [-0.15, -0.1) is 0 Å². The molecule has 0 N–H and O–H groups in total. The number of aryl methyl sites for hydroxylation is 2. The lowest BCUT2D eigenvalue weighted by Gasteiger charge is -2.23. The SMILES string of the molecule is Cc1ccc(-c2cc(C)cc(-c3ccc4c(c3)-c3ccccc3-c3ccccc3-c3ccccc3-4)c2)nc1. The number of fused-ring (bicyclic) bond motifs is 8. The number of nitrogens with zero attached hydrogens (tertiary/aromatic N) is 1. The van der Waals surface area contributed by atoms with Crippen molar-refractivity contribution in [3.8, 4) is 66.9 Å². The van der Waals surface area contributed by atoms with Crippen molar-refractivity contribution in [3.63, 3.8) is 0 Å². The zero-order valence-electron chi connectivity index (χ0n) is 21.6. The maximum Gasteiger partial charge on any atom is 0.0702 e. The third kappa shape index (κ3) is 3.76. The molecular weight excluding hydrogens is 458 g/mol. The lowest BCUT2D eigenvalue weighted by Crippen LogP contribution is -1.97. The minimum atomic E-state index is 1.00. The van der Waals surface area contributed by atoms with Gasteiger partial charge in [-0.2, -0.15) is 0 Å². The van der Waals surface area contributed by atoms with Gasteiger partial charge in [-0.1, -0.05) is 97.1 Å². The summed E-state index contributed by atoms with van der Waals surface area (Å²) in [5, 5.41) is 0. The Kier molecular flexibility index (Phi) is 5.30. The summed E-state index contributed by atoms with van der Waals surface area (Å²) in [6.45, 7) is 4.24. The Morgan fingerprint density at radius 1 is 0.368 bits per heavy atom. The van der Waals surface area contributed by atoms with Crippen LogP contribution < -0.4 is 0 Å². The topological polar surface area (TPSA) is 12.9 Å². The fraction of sp³-hybridized carbons (Fsp3) is 0.0541. The van der Waals surface area contributed by atoms with Crippen LogP contribution in [0.3, 0.4) is 0 Å². The molecule has 0 bridgehead atoms. The summed E-state index contributed by atoms with van der Waals surface area (Å²) in [5.74, 6) is 0. The van der Waals surface area contributed by atoms with Crippen molar-refractivity contribution in [3.05, 3.63) is 139 Å². The van der Waals surface area contributed by atoms with Crippen molar-refractivity contribution in [2.24, 2.45) is 0 Å². The second kappa shape index (κ2) is 8.97. The van der Waals surface area contributed by atoms with Gasteiger partial charge in [0.25, 0.3) is 0 Å². The maximum atomic E-state index is 4.69. The standard InChI is InChI=1S/C37H27N/c1-24-15-18-37(38-23-24)28-20-25(2)19-27(21-28)26-16-17-35-33-13-6-5-11-31(33)29-9-3-4-10-30(29)32-12-7-8-14-34(32)36(35)22-26/h3-23H,1-2H3. The van der Waals surface area contributed by atoms with Crippen LogP contribution in [0.4, 0.5) is 0 Å². The van der Waals surface area contributed by atoms with Gasteiger partial charge in [0.05, 0.1) is 5.69 Å². The fourth-order valence-corrected chi connectivity index (χ4v) is 5.78. The largest absolute Gasteiger partial charge is 0.256 e. The molecule has 0 radical (unpaired) electrons. The van der Waals surface area contributed by atoms with E-state index in [2.05, 4.69) is 135 Å². The molecule has 38 heavy (non-hydrogen) atoms. The first kappa shape index (κ1) is 22.4. The molecule has 1 heteroatoms. The van der Waals surface area contributed by atoms with Crippen LogP contribution in [-0.2, 0) is 0 Å². The Morgan fingerprint density at radius 2 is 0.868 bits per heavy atom. The Bertz CT molecular complexity index is 1820. The zero-order chi connectivity index (χ0) is 25.6. The summed E-state index contributed by atoms with van der Waals surface area (Å²) in [6, 6.07) is 44.4. The smallest absolute Gasteiger partial charge is 0.0702 e. The van der Waals surface area contributed by atoms with Crippen LogP contribution in [0, 0.1) is 13.8 Å². The van der Waals surface area contributed by atoms with Crippen molar-refractivity contribution >= 4 is 0 Å². The molecule has 0 saturated heterocycles. The second-order valence-electron chi connectivity index (χ2n) is 10.2. The van der Waals surface area contributed by atoms with Gasteiger partial charge in [0.2, 0.25) is 0 Å². The fourth-order valence-electron chi connectivity index (χ4n) is 5.78. The molecule has 1 aliphatic rings. The Labute approximate surface area is 224 Å². The number of hydrogen-bond donors (Lipinski definition) is 0. The lowest BCUT2D eigenvalue weighted by atomic mass is 9.80. The molecule has 6 aromatic rings. The summed E-state index contributed by atoms with van der Waals surface area (Å²) >= 11 is 0. The van der Waals surface area contributed by atoms with E-state index in [0.717, 1.165) is 11.3 Å². The van der Waals surface area contributed by atoms with Crippen molar-refractivity contribution in [2.45, 2.75) is 13.8 Å². The summed E-state index contributed by atoms with van der Waals surface area (Å²) in [7, 11) is 0. The summed E-state index contributed by atoms with van der Waals surface area (Å²) in [6.07, 6.45) is 1.94. The van der Waals surface area contributed by atoms with Gasteiger partial charge >= 0.3 is 0 Å². The number of hydrogen-bond acceptors (Lipinski definition) is 1. The highest BCUT2D eigenvalue weighted by Crippen LogP contribution is 2.48. The first-order valence-corrected chi connectivity index (χ1v) is 13.1. The molecule has 0 amide bonds. The van der Waals surface area contributed by atoms with E-state index in [1.165, 1.54) is 66.8 Å². The monoisotopic (exact) mass is 485 g/mol. The van der Waals surface area contributed by atoms with Gasteiger partial charge in [-0.25, -0.2) is 0 Å². The molecule has 5 aromatic carbocycles. The summed E-state index contributed by atoms with van der Waals surface area (Å²) < 4.78 is 0. The minimum Gasteiger partial charge on any atom is -0.256 e. The van der Waals surface area contributed by atoms with E-state index in [-0.39, 0.29) is 0 Å². The molecule has 0 unspecified atom stereocenters. The normalized spacial score (nSPS) is 11.4. The lowest BCUT2D eigenvalue weighted by molar-refractivity contribution is 1.27. The molecular formula is C37H27N. The summed E-state index contributed by atoms with van der Waals surface area (Å²) in [4.78, 5) is 4.69. The van der Waals surface area contributed by atoms with Gasteiger partial charge in [0.1, 0.15) is 0 Å². The van der Waals surface area contributed by atoms with Crippen LogP contribution in [-0.4, -0.2) is 4.98 Å². The highest BCUT2D eigenvalue weighted by atomic mass is 14.7. The molecule has 0 fully saturated rings. The molecule has 180 valence electrons. The van der Waals surface area contributed by atoms with E-state index < -0.39 is 0 Å². The molecule has 7 rings (SSSR count). The van der Waals surface area contributed by atoms with Crippen LogP contribution in [0.25, 0.3) is 66.9 Å². The predicted molar refractivity (Wildman–Crippen MR) is 160 cm³/mol. The Hall–Kier alpha value is -4.75. The second-order valence-corrected chi connectivity index (χ2v) is 10.2. The number of benzene rings is 5. The van der Waals surface area contributed by atoms with Crippen molar-refractivity contribution in [2.75, 3.05) is 0 Å². The van der Waals surface area contributed by atoms with Crippen LogP contribution in [0.2, 0.25) is 0 Å². The number of pyridine rings is 1. The van der Waals surface area contributed by atoms with Crippen molar-refractivity contribution in [1.29, 1.82) is 0 Å². The zero-order valence-corrected chi connectivity index (χ0v) is 21.6. The molecule has 0 aliphatic heterocycles. The minimum absolute atomic E-state index is 1.00. The van der Waals surface area contributed by atoms with Crippen LogP contribution in [0.15, 0.2) is 128 Å². The Morgan fingerprint density at radius 3 is 1.39 bits per heavy atom. The molecule has 0 spiro atoms. The highest BCUT2D eigenvalue weighted by Gasteiger charge is 2.21. The van der Waals surface area contributed by atoms with Crippen molar-refractivity contribution in [1.82, 2.24) is 4.98 Å². The van der Waals surface area contributed by atoms with Gasteiger partial charge in [-0.3, -0.25) is 4.98 Å². The first-order valence-electron chi connectivity index (χ1n) is 13.1. The van der Waals surface area contributed by atoms with E-state index in [9.17, 15) is 0 Å². The van der Waals surface area contributed by atoms with Crippen molar-refractivity contribution < 1.29 is 0 Å². The van der Waals surface area contributed by atoms with Gasteiger partial charge in [0.15, 0.2) is 0 Å². The van der Waals surface area contributed by atoms with Gasteiger partial charge in [0, 0.05) is 11.8 Å².